The number of thiazole rings is 1. The Hall–Kier alpha value is -1.99. The van der Waals surface area contributed by atoms with Crippen LogP contribution in [0.4, 0.5) is 0 Å². The number of carbonyl (C=O) groups is 1. The second kappa shape index (κ2) is 7.27. The van der Waals surface area contributed by atoms with E-state index in [0.717, 1.165) is 41.2 Å². The van der Waals surface area contributed by atoms with Crippen LogP contribution in [0.5, 0.6) is 0 Å². The summed E-state index contributed by atoms with van der Waals surface area (Å²) in [5.41, 5.74) is 3.10. The molecule has 0 unspecified atom stereocenters. The Kier molecular flexibility index (Phi) is 5.11. The van der Waals surface area contributed by atoms with Gasteiger partial charge >= 0.3 is 0 Å². The largest absolute Gasteiger partial charge is 0.375 e. The summed E-state index contributed by atoms with van der Waals surface area (Å²) in [7, 11) is 1.51. The zero-order valence-electron chi connectivity index (χ0n) is 13.9. The molecular formula is C17H21N3O3S. The van der Waals surface area contributed by atoms with Gasteiger partial charge in [-0.3, -0.25) is 9.59 Å². The Morgan fingerprint density at radius 2 is 2.33 bits per heavy atom. The van der Waals surface area contributed by atoms with Gasteiger partial charge in [-0.2, -0.15) is 0 Å². The van der Waals surface area contributed by atoms with Crippen LogP contribution < -0.4 is 10.9 Å². The van der Waals surface area contributed by atoms with Crippen LogP contribution in [0.3, 0.4) is 0 Å². The molecule has 2 aromatic rings. The molecule has 0 bridgehead atoms. The number of methoxy groups -OCH3 is 1. The predicted molar refractivity (Wildman–Crippen MR) is 92.5 cm³/mol. The first-order valence-corrected chi connectivity index (χ1v) is 8.85. The summed E-state index contributed by atoms with van der Waals surface area (Å²) < 4.78 is 6.67. The van der Waals surface area contributed by atoms with Gasteiger partial charge in [0.2, 0.25) is 5.91 Å². The minimum atomic E-state index is -0.0998. The molecule has 1 aliphatic rings. The maximum absolute atomic E-state index is 12.3. The summed E-state index contributed by atoms with van der Waals surface area (Å²) in [6, 6.07) is 3.58. The quantitative estimate of drug-likeness (QED) is 0.884. The minimum Gasteiger partial charge on any atom is -0.375 e. The number of hydrogen-bond donors (Lipinski definition) is 1. The fourth-order valence-electron chi connectivity index (χ4n) is 3.16. The summed E-state index contributed by atoms with van der Waals surface area (Å²) in [6.07, 6.45) is 2.33. The van der Waals surface area contributed by atoms with Gasteiger partial charge in [0.15, 0.2) is 0 Å². The highest BCUT2D eigenvalue weighted by Gasteiger charge is 2.23. The number of hydrogen-bond acceptors (Lipinski definition) is 5. The molecule has 0 saturated heterocycles. The van der Waals surface area contributed by atoms with Crippen molar-refractivity contribution in [1.29, 1.82) is 0 Å². The molecule has 1 aliphatic carbocycles. The van der Waals surface area contributed by atoms with Crippen molar-refractivity contribution < 1.29 is 9.53 Å². The van der Waals surface area contributed by atoms with Gasteiger partial charge in [-0.1, -0.05) is 6.07 Å². The van der Waals surface area contributed by atoms with E-state index in [1.165, 1.54) is 7.11 Å². The van der Waals surface area contributed by atoms with Crippen LogP contribution in [-0.4, -0.2) is 35.2 Å². The normalized spacial score (nSPS) is 16.7. The van der Waals surface area contributed by atoms with Crippen LogP contribution in [-0.2, 0) is 28.9 Å². The van der Waals surface area contributed by atoms with Gasteiger partial charge in [0.05, 0.1) is 17.2 Å². The number of nitrogens with one attached hydrogen (secondary N) is 1. The highest BCUT2D eigenvalue weighted by Crippen LogP contribution is 2.21. The first kappa shape index (κ1) is 16.9. The molecule has 2 aromatic heterocycles. The predicted octanol–water partition coefficient (Wildman–Crippen LogP) is 1.28. The van der Waals surface area contributed by atoms with E-state index in [0.29, 0.717) is 6.54 Å². The molecule has 0 radical (unpaired) electrons. The Bertz CT molecular complexity index is 797. The second-order valence-electron chi connectivity index (χ2n) is 6.03. The van der Waals surface area contributed by atoms with E-state index >= 15 is 0 Å². The SMILES string of the molecule is COCC(=O)N[C@@H]1CCc2c(ccc(=O)n2Cc2csc(C)n2)C1. The number of nitrogens with zero attached hydrogens (tertiary/aromatic N) is 2. The van der Waals surface area contributed by atoms with Crippen molar-refractivity contribution in [3.8, 4) is 0 Å². The van der Waals surface area contributed by atoms with Crippen molar-refractivity contribution in [2.45, 2.75) is 38.8 Å². The Labute approximate surface area is 144 Å². The van der Waals surface area contributed by atoms with Gasteiger partial charge < -0.3 is 14.6 Å². The van der Waals surface area contributed by atoms with Crippen molar-refractivity contribution in [3.05, 3.63) is 49.8 Å². The summed E-state index contributed by atoms with van der Waals surface area (Å²) in [5, 5.41) is 5.99. The smallest absolute Gasteiger partial charge is 0.251 e. The monoisotopic (exact) mass is 347 g/mol. The molecule has 0 saturated carbocycles. The molecule has 0 aliphatic heterocycles. The average Bonchev–Trinajstić information content (AvgIpc) is 2.95. The third kappa shape index (κ3) is 3.73. The fraction of sp³-hybridized carbons (Fsp3) is 0.471. The second-order valence-corrected chi connectivity index (χ2v) is 7.09. The highest BCUT2D eigenvalue weighted by atomic mass is 32.1. The molecule has 7 heteroatoms. The molecule has 1 amide bonds. The van der Waals surface area contributed by atoms with E-state index in [4.69, 9.17) is 4.74 Å². The van der Waals surface area contributed by atoms with Gasteiger partial charge in [-0.05, 0) is 31.7 Å². The number of ether oxygens (including phenoxy) is 1. The van der Waals surface area contributed by atoms with E-state index in [1.807, 2.05) is 22.9 Å². The lowest BCUT2D eigenvalue weighted by Gasteiger charge is -2.27. The first-order chi connectivity index (χ1) is 11.6. The molecule has 2 heterocycles. The van der Waals surface area contributed by atoms with Crippen molar-refractivity contribution >= 4 is 17.2 Å². The Balaban J connectivity index is 1.79. The van der Waals surface area contributed by atoms with E-state index < -0.39 is 0 Å². The summed E-state index contributed by atoms with van der Waals surface area (Å²) in [6.45, 7) is 2.55. The summed E-state index contributed by atoms with van der Waals surface area (Å²) in [5.74, 6) is -0.0998. The molecule has 24 heavy (non-hydrogen) atoms. The maximum atomic E-state index is 12.3. The van der Waals surface area contributed by atoms with Crippen LogP contribution in [0.2, 0.25) is 0 Å². The van der Waals surface area contributed by atoms with Crippen LogP contribution in [0.15, 0.2) is 22.3 Å². The number of rotatable bonds is 5. The molecule has 1 atom stereocenters. The van der Waals surface area contributed by atoms with E-state index in [1.54, 1.807) is 17.4 Å². The molecule has 0 aromatic carbocycles. The third-order valence-electron chi connectivity index (χ3n) is 4.21. The zero-order chi connectivity index (χ0) is 17.1. The van der Waals surface area contributed by atoms with Gasteiger partial charge in [-0.25, -0.2) is 4.98 Å². The molecule has 128 valence electrons. The van der Waals surface area contributed by atoms with Crippen LogP contribution in [0.25, 0.3) is 0 Å². The average molecular weight is 347 g/mol. The maximum Gasteiger partial charge on any atom is 0.251 e. The molecule has 0 fully saturated rings. The van der Waals surface area contributed by atoms with Gasteiger partial charge in [0.25, 0.3) is 5.56 Å². The van der Waals surface area contributed by atoms with Gasteiger partial charge in [0.1, 0.15) is 6.61 Å². The topological polar surface area (TPSA) is 73.2 Å². The number of carbonyl (C=O) groups excluding carboxylic acids is 1. The Morgan fingerprint density at radius 1 is 1.50 bits per heavy atom. The number of pyridine rings is 1. The van der Waals surface area contributed by atoms with E-state index in [-0.39, 0.29) is 24.1 Å². The minimum absolute atomic E-state index is 0.00118. The summed E-state index contributed by atoms with van der Waals surface area (Å²) in [4.78, 5) is 28.4. The number of aryl methyl sites for hydroxylation is 1. The van der Waals surface area contributed by atoms with Gasteiger partial charge in [0, 0.05) is 30.3 Å². The van der Waals surface area contributed by atoms with E-state index in [9.17, 15) is 9.59 Å². The standard InChI is InChI=1S/C17H21N3O3S/c1-11-18-14(10-24-11)8-20-15-5-4-13(19-16(21)9-23-2)7-12(15)3-6-17(20)22/h3,6,10,13H,4-5,7-9H2,1-2H3,(H,19,21)/t13-/m1/s1. The molecule has 0 spiro atoms. The van der Waals surface area contributed by atoms with Crippen molar-refractivity contribution in [2.24, 2.45) is 0 Å². The molecule has 3 rings (SSSR count). The lowest BCUT2D eigenvalue weighted by molar-refractivity contribution is -0.125. The van der Waals surface area contributed by atoms with Crippen LogP contribution in [0.1, 0.15) is 28.4 Å². The highest BCUT2D eigenvalue weighted by molar-refractivity contribution is 7.09. The number of aromatic nitrogens is 2. The third-order valence-corrected chi connectivity index (χ3v) is 5.04. The molecule has 1 N–H and O–H groups in total. The van der Waals surface area contributed by atoms with Crippen LogP contribution in [0, 0.1) is 6.92 Å². The van der Waals surface area contributed by atoms with Crippen molar-refractivity contribution in [2.75, 3.05) is 13.7 Å². The molecule has 6 nitrogen and oxygen atoms in total. The van der Waals surface area contributed by atoms with Crippen LogP contribution >= 0.6 is 11.3 Å². The zero-order valence-corrected chi connectivity index (χ0v) is 14.7. The lowest BCUT2D eigenvalue weighted by Crippen LogP contribution is -2.42. The summed E-state index contributed by atoms with van der Waals surface area (Å²) >= 11 is 1.59. The van der Waals surface area contributed by atoms with Gasteiger partial charge in [-0.15, -0.1) is 11.3 Å². The van der Waals surface area contributed by atoms with Crippen molar-refractivity contribution in [1.82, 2.24) is 14.9 Å². The Morgan fingerprint density at radius 3 is 3.04 bits per heavy atom. The van der Waals surface area contributed by atoms with E-state index in [2.05, 4.69) is 10.3 Å². The number of amides is 1. The van der Waals surface area contributed by atoms with Crippen molar-refractivity contribution in [3.63, 3.8) is 0 Å². The fourth-order valence-corrected chi connectivity index (χ4v) is 3.77. The first-order valence-electron chi connectivity index (χ1n) is 7.97. The molecular weight excluding hydrogens is 326 g/mol. The lowest BCUT2D eigenvalue weighted by atomic mass is 9.91. The number of fused-ring (bicyclic) bond motifs is 1.